The summed E-state index contributed by atoms with van der Waals surface area (Å²) < 4.78 is 0. The number of carboxylic acid groups (broad SMARTS) is 1. The van der Waals surface area contributed by atoms with Gasteiger partial charge in [0.1, 0.15) is 18.1 Å². The number of hydrogen-bond acceptors (Lipinski definition) is 9. The second-order valence-corrected chi connectivity index (χ2v) is 7.42. The van der Waals surface area contributed by atoms with Crippen LogP contribution in [0, 0.1) is 0 Å². The molecule has 0 fully saturated rings. The minimum absolute atomic E-state index is 0.0783. The molecule has 4 atom stereocenters. The molecule has 176 valence electrons. The first kappa shape index (κ1) is 28.1. The molecule has 0 aliphatic carbocycles. The van der Waals surface area contributed by atoms with Crippen molar-refractivity contribution in [2.75, 3.05) is 18.6 Å². The van der Waals surface area contributed by atoms with Gasteiger partial charge in [-0.2, -0.15) is 11.8 Å². The first-order chi connectivity index (χ1) is 14.4. The Kier molecular flexibility index (Phi) is 12.8. The Morgan fingerprint density at radius 2 is 1.32 bits per heavy atom. The van der Waals surface area contributed by atoms with Crippen molar-refractivity contribution >= 4 is 47.3 Å². The van der Waals surface area contributed by atoms with Crippen LogP contribution in [-0.2, 0) is 28.8 Å². The van der Waals surface area contributed by atoms with Crippen LogP contribution < -0.4 is 33.2 Å². The number of nitrogens with two attached hydrogens (primary N) is 3. The number of hydrogen-bond donors (Lipinski definition) is 8. The van der Waals surface area contributed by atoms with Crippen LogP contribution in [0.2, 0.25) is 0 Å². The minimum Gasteiger partial charge on any atom is -0.480 e. The number of aliphatic hydroxyl groups is 1. The summed E-state index contributed by atoms with van der Waals surface area (Å²) in [7, 11) is 0. The molecule has 15 heteroatoms. The number of carbonyl (C=O) groups excluding carboxylic acids is 5. The zero-order valence-electron chi connectivity index (χ0n) is 16.8. The number of aliphatic hydroxyl groups excluding tert-OH is 1. The fourth-order valence-corrected chi connectivity index (χ4v) is 2.70. The number of aliphatic carboxylic acids is 1. The van der Waals surface area contributed by atoms with E-state index in [-0.39, 0.29) is 6.42 Å². The molecule has 0 aliphatic rings. The van der Waals surface area contributed by atoms with E-state index in [2.05, 4.69) is 16.0 Å². The van der Waals surface area contributed by atoms with Gasteiger partial charge in [-0.05, 0) is 18.4 Å². The second-order valence-electron chi connectivity index (χ2n) is 6.43. The molecule has 4 unspecified atom stereocenters. The predicted molar refractivity (Wildman–Crippen MR) is 109 cm³/mol. The molecule has 0 aliphatic heterocycles. The van der Waals surface area contributed by atoms with Crippen LogP contribution in [0.1, 0.15) is 19.3 Å². The van der Waals surface area contributed by atoms with Crippen molar-refractivity contribution < 1.29 is 39.0 Å². The lowest BCUT2D eigenvalue weighted by molar-refractivity contribution is -0.143. The van der Waals surface area contributed by atoms with E-state index < -0.39 is 79.1 Å². The smallest absolute Gasteiger partial charge is 0.326 e. The number of carboxylic acids is 1. The largest absolute Gasteiger partial charge is 0.480 e. The van der Waals surface area contributed by atoms with Crippen LogP contribution in [0.3, 0.4) is 0 Å². The van der Waals surface area contributed by atoms with E-state index in [4.69, 9.17) is 22.3 Å². The van der Waals surface area contributed by atoms with E-state index in [1.54, 1.807) is 6.26 Å². The fraction of sp³-hybridized carbons (Fsp3) is 0.625. The maximum Gasteiger partial charge on any atom is 0.326 e. The lowest BCUT2D eigenvalue weighted by Crippen LogP contribution is -2.58. The topological polar surface area (TPSA) is 257 Å². The number of amides is 5. The van der Waals surface area contributed by atoms with Crippen molar-refractivity contribution in [2.45, 2.75) is 43.4 Å². The third kappa shape index (κ3) is 11.2. The molecule has 0 rings (SSSR count). The standard InChI is InChI=1S/C16H28N6O8S/c1-31-3-2-8(14(27)21-9(16(29)30)5-12(19)25)20-15(28)10(6-23)22-13(26)7(17)4-11(18)24/h7-10,23H,2-6,17H2,1H3,(H2,18,24)(H2,19,25)(H,20,28)(H,21,27)(H,22,26)(H,29,30). The zero-order chi connectivity index (χ0) is 24.1. The van der Waals surface area contributed by atoms with Gasteiger partial charge in [0.15, 0.2) is 0 Å². The Balaban J connectivity index is 5.24. The van der Waals surface area contributed by atoms with Gasteiger partial charge in [-0.15, -0.1) is 0 Å². The van der Waals surface area contributed by atoms with Crippen molar-refractivity contribution in [3.05, 3.63) is 0 Å². The van der Waals surface area contributed by atoms with Crippen LogP contribution in [0.15, 0.2) is 0 Å². The zero-order valence-corrected chi connectivity index (χ0v) is 17.6. The third-order valence-electron chi connectivity index (χ3n) is 3.84. The molecule has 0 spiro atoms. The maximum atomic E-state index is 12.5. The normalized spacial score (nSPS) is 14.4. The molecule has 0 saturated heterocycles. The molecule has 11 N–H and O–H groups in total. The first-order valence-electron chi connectivity index (χ1n) is 8.98. The molecule has 0 heterocycles. The summed E-state index contributed by atoms with van der Waals surface area (Å²) in [6.07, 6.45) is 0.674. The summed E-state index contributed by atoms with van der Waals surface area (Å²) in [6, 6.07) is -5.68. The van der Waals surface area contributed by atoms with E-state index in [1.165, 1.54) is 11.8 Å². The van der Waals surface area contributed by atoms with Gasteiger partial charge in [-0.3, -0.25) is 24.0 Å². The van der Waals surface area contributed by atoms with Crippen LogP contribution in [0.5, 0.6) is 0 Å². The quantitative estimate of drug-likeness (QED) is 0.115. The first-order valence-corrected chi connectivity index (χ1v) is 10.4. The fourth-order valence-electron chi connectivity index (χ4n) is 2.23. The molecule has 0 aromatic heterocycles. The van der Waals surface area contributed by atoms with Crippen LogP contribution in [-0.4, -0.2) is 88.5 Å². The summed E-state index contributed by atoms with van der Waals surface area (Å²) in [5, 5.41) is 25.1. The van der Waals surface area contributed by atoms with Crippen LogP contribution >= 0.6 is 11.8 Å². The van der Waals surface area contributed by atoms with Gasteiger partial charge in [-0.25, -0.2) is 4.79 Å². The van der Waals surface area contributed by atoms with E-state index in [9.17, 15) is 33.9 Å². The molecule has 0 radical (unpaired) electrons. The molecule has 0 aromatic carbocycles. The number of thioether (sulfide) groups is 1. The van der Waals surface area contributed by atoms with Gasteiger partial charge in [-0.1, -0.05) is 0 Å². The second kappa shape index (κ2) is 14.2. The summed E-state index contributed by atoms with van der Waals surface area (Å²) in [4.78, 5) is 69.9. The molecular formula is C16H28N6O8S. The summed E-state index contributed by atoms with van der Waals surface area (Å²) in [5.41, 5.74) is 15.4. The SMILES string of the molecule is CSCCC(NC(=O)C(CO)NC(=O)C(N)CC(N)=O)C(=O)NC(CC(N)=O)C(=O)O. The highest BCUT2D eigenvalue weighted by Gasteiger charge is 2.30. The molecule has 0 saturated carbocycles. The van der Waals surface area contributed by atoms with Crippen LogP contribution in [0.4, 0.5) is 0 Å². The Bertz CT molecular complexity index is 691. The van der Waals surface area contributed by atoms with Gasteiger partial charge in [0.25, 0.3) is 0 Å². The summed E-state index contributed by atoms with van der Waals surface area (Å²) >= 11 is 1.34. The van der Waals surface area contributed by atoms with Crippen molar-refractivity contribution in [2.24, 2.45) is 17.2 Å². The maximum absolute atomic E-state index is 12.5. The van der Waals surface area contributed by atoms with Gasteiger partial charge in [0.2, 0.25) is 29.5 Å². The van der Waals surface area contributed by atoms with E-state index in [0.717, 1.165) is 0 Å². The van der Waals surface area contributed by atoms with E-state index in [1.807, 2.05) is 0 Å². The lowest BCUT2D eigenvalue weighted by Gasteiger charge is -2.24. The number of primary amides is 2. The summed E-state index contributed by atoms with van der Waals surface area (Å²) in [5.74, 6) is -5.67. The molecule has 5 amide bonds. The monoisotopic (exact) mass is 464 g/mol. The highest BCUT2D eigenvalue weighted by Crippen LogP contribution is 2.04. The third-order valence-corrected chi connectivity index (χ3v) is 4.48. The molecule has 14 nitrogen and oxygen atoms in total. The highest BCUT2D eigenvalue weighted by molar-refractivity contribution is 7.98. The van der Waals surface area contributed by atoms with Gasteiger partial charge in [0, 0.05) is 0 Å². The van der Waals surface area contributed by atoms with Crippen molar-refractivity contribution in [1.82, 2.24) is 16.0 Å². The lowest BCUT2D eigenvalue weighted by atomic mass is 10.1. The Labute approximate surface area is 182 Å². The number of nitrogens with one attached hydrogen (secondary N) is 3. The molecule has 0 bridgehead atoms. The van der Waals surface area contributed by atoms with Crippen molar-refractivity contribution in [3.63, 3.8) is 0 Å². The Morgan fingerprint density at radius 3 is 1.77 bits per heavy atom. The van der Waals surface area contributed by atoms with Gasteiger partial charge < -0.3 is 43.4 Å². The minimum atomic E-state index is -1.60. The Morgan fingerprint density at radius 1 is 0.839 bits per heavy atom. The molecular weight excluding hydrogens is 436 g/mol. The Hall–Kier alpha value is -2.91. The average Bonchev–Trinajstić information content (AvgIpc) is 2.67. The van der Waals surface area contributed by atoms with E-state index >= 15 is 0 Å². The average molecular weight is 465 g/mol. The summed E-state index contributed by atoms with van der Waals surface area (Å²) in [6.45, 7) is -0.850. The number of carbonyl (C=O) groups is 6. The van der Waals surface area contributed by atoms with Crippen molar-refractivity contribution in [3.8, 4) is 0 Å². The molecule has 0 aromatic rings. The number of rotatable bonds is 15. The highest BCUT2D eigenvalue weighted by atomic mass is 32.2. The van der Waals surface area contributed by atoms with E-state index in [0.29, 0.717) is 5.75 Å². The van der Waals surface area contributed by atoms with Gasteiger partial charge in [0.05, 0.1) is 25.5 Å². The van der Waals surface area contributed by atoms with Crippen molar-refractivity contribution in [1.29, 1.82) is 0 Å². The predicted octanol–water partition coefficient (Wildman–Crippen LogP) is -4.65. The molecule has 31 heavy (non-hydrogen) atoms. The van der Waals surface area contributed by atoms with Crippen LogP contribution in [0.25, 0.3) is 0 Å². The van der Waals surface area contributed by atoms with Gasteiger partial charge >= 0.3 is 5.97 Å².